The van der Waals surface area contributed by atoms with Crippen LogP contribution in [-0.4, -0.2) is 40.5 Å². The van der Waals surface area contributed by atoms with Crippen molar-refractivity contribution in [2.45, 2.75) is 6.16 Å². The maximum atomic E-state index is 10.1. The van der Waals surface area contributed by atoms with Gasteiger partial charge in [0, 0.05) is 10.4 Å². The van der Waals surface area contributed by atoms with E-state index in [-0.39, 0.29) is 17.1 Å². The molecule has 17 heavy (non-hydrogen) atoms. The Morgan fingerprint density at radius 3 is 1.12 bits per heavy atom. The van der Waals surface area contributed by atoms with Gasteiger partial charge >= 0.3 is 44.0 Å². The van der Waals surface area contributed by atoms with Gasteiger partial charge < -0.3 is 9.11 Å². The fourth-order valence-electron chi connectivity index (χ4n) is 0.568. The average molecular weight is 355 g/mol. The summed E-state index contributed by atoms with van der Waals surface area (Å²) in [6.07, 6.45) is -2.36. The molecule has 2 aliphatic heterocycles. The van der Waals surface area contributed by atoms with Gasteiger partial charge in [0.2, 0.25) is 0 Å². The summed E-state index contributed by atoms with van der Waals surface area (Å²) in [6.45, 7) is 0. The summed E-state index contributed by atoms with van der Waals surface area (Å²) in [6, 6.07) is 0. The zero-order chi connectivity index (χ0) is 12.8. The van der Waals surface area contributed by atoms with Gasteiger partial charge in [0.15, 0.2) is 0 Å². The van der Waals surface area contributed by atoms with Crippen LogP contribution in [0.5, 0.6) is 0 Å². The molecule has 0 aliphatic carbocycles. The van der Waals surface area contributed by atoms with Crippen molar-refractivity contribution in [1.29, 1.82) is 0 Å². The third kappa shape index (κ3) is 5.53. The first-order valence-corrected chi connectivity index (χ1v) is 6.82. The van der Waals surface area contributed by atoms with E-state index in [1.807, 2.05) is 0 Å². The Kier molecular flexibility index (Phi) is 4.70. The van der Waals surface area contributed by atoms with Gasteiger partial charge in [0.05, 0.1) is 0 Å². The van der Waals surface area contributed by atoms with E-state index in [0.717, 1.165) is 0 Å². The molecule has 0 aromatic heterocycles. The molecule has 1 radical (unpaired) electrons. The van der Waals surface area contributed by atoms with Crippen LogP contribution in [0, 0.1) is 0 Å². The minimum atomic E-state index is -5.17. The predicted molar refractivity (Wildman–Crippen MR) is 35.4 cm³/mol. The molecule has 0 N–H and O–H groups in total. The molecule has 0 bridgehead atoms. The smallest absolute Gasteiger partial charge is 0.759 e. The van der Waals surface area contributed by atoms with Crippen molar-refractivity contribution in [2.24, 2.45) is 0 Å². The Morgan fingerprint density at radius 2 is 1.00 bits per heavy atom. The molecule has 2 heterocycles. The molecule has 16 heteroatoms. The van der Waals surface area contributed by atoms with E-state index >= 15 is 0 Å². The third-order valence-electron chi connectivity index (χ3n) is 0.816. The molecule has 2 fully saturated rings. The van der Waals surface area contributed by atoms with E-state index in [9.17, 15) is 16.8 Å². The van der Waals surface area contributed by atoms with Crippen molar-refractivity contribution in [3.8, 4) is 0 Å². The molecule has 101 valence electrons. The van der Waals surface area contributed by atoms with E-state index in [1.165, 1.54) is 0 Å². The third-order valence-corrected chi connectivity index (χ3v) is 2.45. The molecule has 0 aromatic carbocycles. The van der Waals surface area contributed by atoms with Gasteiger partial charge in [-0.2, -0.15) is 33.6 Å². The number of rotatable bonds is 0. The summed E-state index contributed by atoms with van der Waals surface area (Å²) in [7, 11) is -13.4. The summed E-state index contributed by atoms with van der Waals surface area (Å²) in [5.41, 5.74) is 0. The molecule has 2 aliphatic rings. The van der Waals surface area contributed by atoms with Crippen molar-refractivity contribution in [3.63, 3.8) is 0 Å². The molecule has 2 saturated heterocycles. The zero-order valence-electron chi connectivity index (χ0n) is 7.00. The van der Waals surface area contributed by atoms with Crippen LogP contribution in [0.15, 0.2) is 0 Å². The zero-order valence-corrected chi connectivity index (χ0v) is 10.6. The standard InChI is InChI=1S/CO8S2.Mn.H2O4S/c2-10(3)6-1(7-10)8-11(4,5)9-1;;1-5(2,3)4/h;;(H2,1,2,3,4)/q;+2;/p-2. The molecular formula is CMnO12S3. The number of hydrogen-bond acceptors (Lipinski definition) is 12. The Balaban J connectivity index is 0.000000373. The first-order chi connectivity index (χ1) is 6.83. The summed E-state index contributed by atoms with van der Waals surface area (Å²) >= 11 is 0. The quantitative estimate of drug-likeness (QED) is 0.241. The summed E-state index contributed by atoms with van der Waals surface area (Å²) in [5, 5.41) is 0. The second kappa shape index (κ2) is 4.67. The summed E-state index contributed by atoms with van der Waals surface area (Å²) in [4.78, 5) is 0. The molecule has 0 amide bonds. The fourth-order valence-corrected chi connectivity index (χ4v) is 2.04. The van der Waals surface area contributed by atoms with E-state index in [2.05, 4.69) is 16.7 Å². The van der Waals surface area contributed by atoms with Crippen molar-refractivity contribution >= 4 is 31.2 Å². The van der Waals surface area contributed by atoms with Gasteiger partial charge in [-0.3, -0.25) is 8.42 Å². The maximum Gasteiger partial charge on any atom is 2.00 e. The molecule has 1 spiro atoms. The maximum absolute atomic E-state index is 10.1. The topological polar surface area (TPSA) is 185 Å². The van der Waals surface area contributed by atoms with Crippen molar-refractivity contribution in [2.75, 3.05) is 0 Å². The largest absolute Gasteiger partial charge is 2.00 e. The summed E-state index contributed by atoms with van der Waals surface area (Å²) in [5.74, 6) is 0. The predicted octanol–water partition coefficient (Wildman–Crippen LogP) is -3.16. The Labute approximate surface area is 106 Å². The van der Waals surface area contributed by atoms with Crippen LogP contribution in [0.2, 0.25) is 0 Å². The Hall–Kier alpha value is 0.129. The van der Waals surface area contributed by atoms with Crippen LogP contribution in [0.4, 0.5) is 0 Å². The normalized spacial score (nSPS) is 26.5. The van der Waals surface area contributed by atoms with Gasteiger partial charge in [0.1, 0.15) is 0 Å². The van der Waals surface area contributed by atoms with Crippen LogP contribution in [0.1, 0.15) is 0 Å². The van der Waals surface area contributed by atoms with Crippen molar-refractivity contribution in [1.82, 2.24) is 0 Å². The SMILES string of the molecule is O=S(=O)([O-])[O-].O=S1(=O)OC2(O1)OS(=O)(=O)O2.[Mn+2]. The molecule has 0 aromatic rings. The first-order valence-electron chi connectivity index (χ1n) is 2.82. The van der Waals surface area contributed by atoms with Gasteiger partial charge in [-0.25, -0.2) is 0 Å². The molecule has 2 rings (SSSR count). The Bertz CT molecular complexity index is 502. The first kappa shape index (κ1) is 17.1. The second-order valence-corrected chi connectivity index (χ2v) is 5.17. The van der Waals surface area contributed by atoms with Crippen LogP contribution in [0.25, 0.3) is 0 Å². The second-order valence-electron chi connectivity index (χ2n) is 2.06. The Morgan fingerprint density at radius 1 is 0.824 bits per heavy atom. The van der Waals surface area contributed by atoms with Crippen molar-refractivity contribution < 1.29 is 68.2 Å². The molecule has 0 atom stereocenters. The average Bonchev–Trinajstić information content (AvgIpc) is 1.71. The van der Waals surface area contributed by atoms with Crippen LogP contribution in [-0.2, 0) is 65.0 Å². The van der Waals surface area contributed by atoms with E-state index < -0.39 is 37.4 Å². The van der Waals surface area contributed by atoms with Crippen LogP contribution in [0.3, 0.4) is 0 Å². The number of hydrogen-bond donors (Lipinski definition) is 0. The van der Waals surface area contributed by atoms with Crippen molar-refractivity contribution in [3.05, 3.63) is 0 Å². The van der Waals surface area contributed by atoms with Gasteiger partial charge in [-0.1, -0.05) is 0 Å². The summed E-state index contributed by atoms with van der Waals surface area (Å²) < 4.78 is 89.8. The monoisotopic (exact) mass is 355 g/mol. The molecule has 12 nitrogen and oxygen atoms in total. The van der Waals surface area contributed by atoms with E-state index in [0.29, 0.717) is 0 Å². The van der Waals surface area contributed by atoms with Gasteiger partial charge in [-0.15, -0.1) is 0 Å². The molecule has 0 unspecified atom stereocenters. The van der Waals surface area contributed by atoms with Crippen LogP contribution >= 0.6 is 0 Å². The van der Waals surface area contributed by atoms with E-state index in [4.69, 9.17) is 17.5 Å². The van der Waals surface area contributed by atoms with Crippen LogP contribution < -0.4 is 0 Å². The van der Waals surface area contributed by atoms with E-state index in [1.54, 1.807) is 0 Å². The van der Waals surface area contributed by atoms with Gasteiger partial charge in [0.25, 0.3) is 0 Å². The fraction of sp³-hybridized carbons (Fsp3) is 1.00. The molecule has 0 saturated carbocycles. The molecular weight excluding hydrogens is 355 g/mol. The van der Waals surface area contributed by atoms with Gasteiger partial charge in [-0.05, 0) is 0 Å². The minimum absolute atomic E-state index is 0. The minimum Gasteiger partial charge on any atom is -0.759 e.